The molecule has 0 spiro atoms. The Morgan fingerprint density at radius 1 is 1.24 bits per heavy atom. The first kappa shape index (κ1) is 16.7. The molecule has 0 aliphatic carbocycles. The molecule has 1 nitrogen and oxygen atoms in total. The van der Waals surface area contributed by atoms with Gasteiger partial charge in [-0.1, -0.05) is 54.9 Å². The van der Waals surface area contributed by atoms with Gasteiger partial charge in [-0.2, -0.15) is 0 Å². The number of rotatable bonds is 8. The highest BCUT2D eigenvalue weighted by atomic mass is 79.9. The molecular formula is C14H23BrOSi. The summed E-state index contributed by atoms with van der Waals surface area (Å²) in [5.41, 5.74) is 0. The number of hydrogen-bond donors (Lipinski definition) is 0. The Hall–Kier alpha value is -0.303. The van der Waals surface area contributed by atoms with Gasteiger partial charge in [-0.3, -0.25) is 0 Å². The quantitative estimate of drug-likeness (QED) is 0.353. The molecule has 0 saturated heterocycles. The fourth-order valence-electron chi connectivity index (χ4n) is 1.82. The topological polar surface area (TPSA) is 9.23 Å². The Kier molecular flexibility index (Phi) is 9.53. The largest absolute Gasteiger partial charge is 0.410 e. The lowest BCUT2D eigenvalue weighted by Gasteiger charge is -2.31. The standard InChI is InChI=1S/C14H23BrOSi/c1-5-11-14(12-9-10-13-15)16-17(6-2,7-3)8-4/h1,9-10,12-14H,6-8,11H2,2-4H3/b12-9+,13-10+/t14-/m1/s1. The van der Waals surface area contributed by atoms with Crippen LogP contribution in [0, 0.1) is 12.3 Å². The van der Waals surface area contributed by atoms with E-state index in [9.17, 15) is 0 Å². The lowest BCUT2D eigenvalue weighted by molar-refractivity contribution is 0.238. The predicted molar refractivity (Wildman–Crippen MR) is 82.7 cm³/mol. The van der Waals surface area contributed by atoms with E-state index in [4.69, 9.17) is 10.8 Å². The van der Waals surface area contributed by atoms with Crippen molar-refractivity contribution in [3.05, 3.63) is 23.2 Å². The third kappa shape index (κ3) is 6.26. The van der Waals surface area contributed by atoms with Crippen LogP contribution in [-0.2, 0) is 4.43 Å². The summed E-state index contributed by atoms with van der Waals surface area (Å²) in [6.07, 6.45) is 12.1. The molecule has 0 saturated carbocycles. The minimum absolute atomic E-state index is 0.0650. The Balaban J connectivity index is 4.66. The van der Waals surface area contributed by atoms with E-state index in [-0.39, 0.29) is 6.10 Å². The van der Waals surface area contributed by atoms with Crippen LogP contribution in [0.5, 0.6) is 0 Å². The van der Waals surface area contributed by atoms with Gasteiger partial charge in [0.1, 0.15) is 0 Å². The molecule has 0 unspecified atom stereocenters. The average molecular weight is 315 g/mol. The normalized spacial score (nSPS) is 14.3. The SMILES string of the molecule is C#CC[C@H](/C=C/C=C/Br)O[Si](CC)(CC)CC. The molecule has 0 aromatic rings. The van der Waals surface area contributed by atoms with Gasteiger partial charge in [-0.15, -0.1) is 12.3 Å². The Bertz CT molecular complexity index is 279. The van der Waals surface area contributed by atoms with Crippen molar-refractivity contribution in [3.8, 4) is 12.3 Å². The second-order valence-electron chi connectivity index (χ2n) is 4.01. The van der Waals surface area contributed by atoms with Crippen molar-refractivity contribution in [3.63, 3.8) is 0 Å². The van der Waals surface area contributed by atoms with Gasteiger partial charge in [-0.25, -0.2) is 0 Å². The van der Waals surface area contributed by atoms with Gasteiger partial charge < -0.3 is 4.43 Å². The van der Waals surface area contributed by atoms with Crippen LogP contribution in [0.15, 0.2) is 23.2 Å². The maximum Gasteiger partial charge on any atom is 0.192 e. The molecule has 0 fully saturated rings. The molecule has 0 aliphatic rings. The van der Waals surface area contributed by atoms with Crippen LogP contribution in [0.25, 0.3) is 0 Å². The number of terminal acetylenes is 1. The molecule has 0 aromatic carbocycles. The van der Waals surface area contributed by atoms with Crippen LogP contribution < -0.4 is 0 Å². The van der Waals surface area contributed by atoms with E-state index in [2.05, 4.69) is 48.7 Å². The van der Waals surface area contributed by atoms with E-state index >= 15 is 0 Å². The maximum atomic E-state index is 6.33. The smallest absolute Gasteiger partial charge is 0.192 e. The van der Waals surface area contributed by atoms with E-state index < -0.39 is 8.32 Å². The summed E-state index contributed by atoms with van der Waals surface area (Å²) in [6, 6.07) is 3.47. The van der Waals surface area contributed by atoms with E-state index in [1.165, 1.54) is 0 Å². The number of halogens is 1. The van der Waals surface area contributed by atoms with Gasteiger partial charge in [0, 0.05) is 6.42 Å². The fourth-order valence-corrected chi connectivity index (χ4v) is 4.80. The summed E-state index contributed by atoms with van der Waals surface area (Å²) in [7, 11) is -1.56. The first-order chi connectivity index (χ1) is 8.17. The van der Waals surface area contributed by atoms with Crippen LogP contribution in [0.3, 0.4) is 0 Å². The van der Waals surface area contributed by atoms with Gasteiger partial charge in [-0.05, 0) is 23.1 Å². The van der Waals surface area contributed by atoms with Crippen molar-refractivity contribution in [2.75, 3.05) is 0 Å². The number of hydrogen-bond acceptors (Lipinski definition) is 1. The first-order valence-corrected chi connectivity index (χ1v) is 9.67. The molecule has 0 amide bonds. The summed E-state index contributed by atoms with van der Waals surface area (Å²) in [5, 5.41) is 0. The molecule has 1 atom stereocenters. The predicted octanol–water partition coefficient (Wildman–Crippen LogP) is 4.86. The highest BCUT2D eigenvalue weighted by Crippen LogP contribution is 2.24. The molecule has 96 valence electrons. The van der Waals surface area contributed by atoms with E-state index in [1.807, 2.05) is 17.1 Å². The van der Waals surface area contributed by atoms with Crippen molar-refractivity contribution in [1.82, 2.24) is 0 Å². The monoisotopic (exact) mass is 314 g/mol. The second-order valence-corrected chi connectivity index (χ2v) is 9.26. The average Bonchev–Trinajstić information content (AvgIpc) is 2.36. The van der Waals surface area contributed by atoms with Crippen molar-refractivity contribution in [2.24, 2.45) is 0 Å². The van der Waals surface area contributed by atoms with Crippen molar-refractivity contribution in [2.45, 2.75) is 51.4 Å². The van der Waals surface area contributed by atoms with Crippen LogP contribution >= 0.6 is 15.9 Å². The molecule has 17 heavy (non-hydrogen) atoms. The first-order valence-electron chi connectivity index (χ1n) is 6.22. The van der Waals surface area contributed by atoms with E-state index in [0.717, 1.165) is 18.1 Å². The van der Waals surface area contributed by atoms with Crippen molar-refractivity contribution < 1.29 is 4.43 Å². The highest BCUT2D eigenvalue weighted by molar-refractivity contribution is 9.11. The van der Waals surface area contributed by atoms with Crippen LogP contribution in [0.4, 0.5) is 0 Å². The second kappa shape index (κ2) is 9.70. The molecular weight excluding hydrogens is 292 g/mol. The van der Waals surface area contributed by atoms with Crippen LogP contribution in [0.1, 0.15) is 27.2 Å². The Morgan fingerprint density at radius 2 is 1.82 bits per heavy atom. The molecule has 0 bridgehead atoms. The molecule has 0 radical (unpaired) electrons. The number of allylic oxidation sites excluding steroid dienone is 2. The summed E-state index contributed by atoms with van der Waals surface area (Å²) < 4.78 is 6.33. The highest BCUT2D eigenvalue weighted by Gasteiger charge is 2.30. The molecule has 0 aliphatic heterocycles. The van der Waals surface area contributed by atoms with E-state index in [1.54, 1.807) is 0 Å². The lowest BCUT2D eigenvalue weighted by Crippen LogP contribution is -2.39. The molecule has 0 rings (SSSR count). The van der Waals surface area contributed by atoms with Crippen molar-refractivity contribution in [1.29, 1.82) is 0 Å². The summed E-state index contributed by atoms with van der Waals surface area (Å²) in [6.45, 7) is 6.69. The fraction of sp³-hybridized carbons (Fsp3) is 0.571. The zero-order valence-corrected chi connectivity index (χ0v) is 13.7. The van der Waals surface area contributed by atoms with Crippen LogP contribution in [0.2, 0.25) is 18.1 Å². The molecule has 0 aromatic heterocycles. The Labute approximate surface area is 116 Å². The minimum atomic E-state index is -1.56. The summed E-state index contributed by atoms with van der Waals surface area (Å²) >= 11 is 3.24. The third-order valence-electron chi connectivity index (χ3n) is 3.16. The molecule has 0 N–H and O–H groups in total. The molecule has 0 heterocycles. The minimum Gasteiger partial charge on any atom is -0.410 e. The van der Waals surface area contributed by atoms with Crippen molar-refractivity contribution >= 4 is 24.2 Å². The summed E-state index contributed by atoms with van der Waals surface area (Å²) in [4.78, 5) is 1.82. The maximum absolute atomic E-state index is 6.33. The van der Waals surface area contributed by atoms with Gasteiger partial charge in [0.2, 0.25) is 0 Å². The van der Waals surface area contributed by atoms with Gasteiger partial charge in [0.05, 0.1) is 6.10 Å². The summed E-state index contributed by atoms with van der Waals surface area (Å²) in [5.74, 6) is 2.70. The third-order valence-corrected chi connectivity index (χ3v) is 8.14. The van der Waals surface area contributed by atoms with Gasteiger partial charge in [0.15, 0.2) is 8.32 Å². The van der Waals surface area contributed by atoms with E-state index in [0.29, 0.717) is 6.42 Å². The Morgan fingerprint density at radius 3 is 2.24 bits per heavy atom. The lowest BCUT2D eigenvalue weighted by atomic mass is 10.2. The van der Waals surface area contributed by atoms with Gasteiger partial charge >= 0.3 is 0 Å². The molecule has 3 heteroatoms. The van der Waals surface area contributed by atoms with Crippen LogP contribution in [-0.4, -0.2) is 14.4 Å². The zero-order valence-electron chi connectivity index (χ0n) is 11.1. The van der Waals surface area contributed by atoms with Gasteiger partial charge in [0.25, 0.3) is 0 Å². The zero-order chi connectivity index (χ0) is 13.1.